The molecule has 104 heavy (non-hydrogen) atoms. The summed E-state index contributed by atoms with van der Waals surface area (Å²) in [5.74, 6) is 4.11. The molecule has 548 valence electrons. The van der Waals surface area contributed by atoms with Gasteiger partial charge in [-0.2, -0.15) is 11.1 Å². The molecule has 0 N–H and O–H groups in total. The first kappa shape index (κ1) is 87.2. The maximum atomic E-state index is 4.61. The predicted octanol–water partition coefficient (Wildman–Crippen LogP) is 19.5. The van der Waals surface area contributed by atoms with Crippen LogP contribution in [-0.4, -0.2) is 8.07 Å². The molecule has 10 rings (SSSR count). The van der Waals surface area contributed by atoms with Crippen molar-refractivity contribution in [3.63, 3.8) is 0 Å². The van der Waals surface area contributed by atoms with Crippen LogP contribution in [0.4, 0.5) is 0 Å². The molecule has 1 atom stereocenters. The first-order valence-corrected chi connectivity index (χ1v) is 40.7. The van der Waals surface area contributed by atoms with Crippen LogP contribution in [-0.2, 0) is 21.7 Å². The number of benzene rings is 9. The third kappa shape index (κ3) is 18.0. The molecule has 1 aliphatic carbocycles. The van der Waals surface area contributed by atoms with E-state index in [9.17, 15) is 0 Å². The molecule has 0 saturated carbocycles. The van der Waals surface area contributed by atoms with Gasteiger partial charge in [0, 0.05) is 0 Å². The van der Waals surface area contributed by atoms with Gasteiger partial charge in [0.15, 0.2) is 0 Å². The van der Waals surface area contributed by atoms with Crippen molar-refractivity contribution in [2.45, 2.75) is 270 Å². The molecule has 9 aromatic carbocycles. The molecule has 5 heteroatoms. The van der Waals surface area contributed by atoms with Crippen molar-refractivity contribution in [3.8, 4) is 66.8 Å². The van der Waals surface area contributed by atoms with E-state index in [-0.39, 0.29) is 58.9 Å². The number of halogens is 3. The molecule has 0 fully saturated rings. The molecule has 0 aliphatic heterocycles. The van der Waals surface area contributed by atoms with Crippen molar-refractivity contribution in [1.29, 1.82) is 0 Å². The standard InChI is InChI=1S/C99H123Si.3ClH.Ti/c1-57(2)72-29-73(58(3)4)36-84(35-72)90-47-91(85-37-74(59(5)6)30-75(38-85)60(7)8)51-96(50-90)100(99(28)56-69(25)70(26)71(99)27,97-52-92(86-39-76(61(9)10)31-77(40-86)62(11)12)48-93(53-97)87-41-78(63(13)14)32-79(42-87)64(15)16)98-54-94(88-43-80(65(17)18)33-81(44-88)66(19)20)49-95(55-98)89-45-82(67(21)22)34-83(46-89)68(23)24;;;;/h29-55,57-68H,1-28H3;3*1H;/q-1;;;;+4/p-3. The van der Waals surface area contributed by atoms with Gasteiger partial charge >= 0.3 is 21.7 Å². The Morgan fingerprint density at radius 2 is 0.356 bits per heavy atom. The van der Waals surface area contributed by atoms with Crippen LogP contribution in [0.3, 0.4) is 0 Å². The largest absolute Gasteiger partial charge is 4.00 e. The van der Waals surface area contributed by atoms with Crippen LogP contribution in [0.25, 0.3) is 66.8 Å². The molecule has 0 nitrogen and oxygen atoms in total. The van der Waals surface area contributed by atoms with E-state index in [4.69, 9.17) is 0 Å². The maximum absolute atomic E-state index is 4.61. The number of hydrogen-bond acceptors (Lipinski definition) is 0. The van der Waals surface area contributed by atoms with Crippen molar-refractivity contribution in [2.75, 3.05) is 0 Å². The monoisotopic (exact) mass is 1490 g/mol. The summed E-state index contributed by atoms with van der Waals surface area (Å²) in [4.78, 5) is 0. The van der Waals surface area contributed by atoms with Crippen LogP contribution in [0.5, 0.6) is 0 Å². The molecule has 1 unspecified atom stereocenters. The summed E-state index contributed by atoms with van der Waals surface area (Å²) in [7, 11) is -3.86. The molecule has 0 radical (unpaired) electrons. The zero-order chi connectivity index (χ0) is 73.0. The Morgan fingerprint density at radius 3 is 0.471 bits per heavy atom. The van der Waals surface area contributed by atoms with Crippen molar-refractivity contribution >= 4 is 23.6 Å². The summed E-state index contributed by atoms with van der Waals surface area (Å²) < 4.78 is 0. The first-order chi connectivity index (χ1) is 47.0. The van der Waals surface area contributed by atoms with Crippen LogP contribution in [0, 0.1) is 6.08 Å². The molecule has 0 saturated heterocycles. The van der Waals surface area contributed by atoms with E-state index < -0.39 is 13.1 Å². The Morgan fingerprint density at radius 1 is 0.221 bits per heavy atom. The summed E-state index contributed by atoms with van der Waals surface area (Å²) in [5, 5.41) is 3.52. The Kier molecular flexibility index (Phi) is 29.4. The Bertz CT molecular complexity index is 3750. The fourth-order valence-corrected chi connectivity index (χ4v) is 21.6. The quantitative estimate of drug-likeness (QED) is 0.0360. The second-order valence-electron chi connectivity index (χ2n) is 34.5. The van der Waals surface area contributed by atoms with Gasteiger partial charge in [-0.1, -0.05) is 338 Å². The van der Waals surface area contributed by atoms with Gasteiger partial charge in [-0.3, -0.25) is 6.08 Å². The van der Waals surface area contributed by atoms with Crippen molar-refractivity contribution in [1.82, 2.24) is 0 Å². The minimum absolute atomic E-state index is 0. The smallest absolute Gasteiger partial charge is 1.00 e. The number of hydrogen-bond donors (Lipinski definition) is 0. The molecular formula is C99H123Cl3SiTi. The van der Waals surface area contributed by atoms with E-state index in [1.165, 1.54) is 166 Å². The zero-order valence-corrected chi connectivity index (χ0v) is 73.5. The summed E-state index contributed by atoms with van der Waals surface area (Å²) in [6, 6.07) is 69.5. The summed E-state index contributed by atoms with van der Waals surface area (Å²) in [5.41, 5.74) is 35.8. The molecule has 0 spiro atoms. The van der Waals surface area contributed by atoms with E-state index in [1.54, 1.807) is 0 Å². The average Bonchev–Trinajstić information content (AvgIpc) is 1.27. The van der Waals surface area contributed by atoms with E-state index in [0.29, 0.717) is 71.0 Å². The first-order valence-electron chi connectivity index (χ1n) is 38.7. The molecule has 0 aromatic heterocycles. The van der Waals surface area contributed by atoms with Gasteiger partial charge in [-0.25, -0.2) is 5.57 Å². The molecule has 0 heterocycles. The Labute approximate surface area is 667 Å². The van der Waals surface area contributed by atoms with Crippen LogP contribution >= 0.6 is 0 Å². The minimum atomic E-state index is -3.86. The number of rotatable bonds is 22. The fourth-order valence-electron chi connectivity index (χ4n) is 15.6. The molecule has 1 aliphatic rings. The molecule has 0 amide bonds. The second-order valence-corrected chi connectivity index (χ2v) is 38.7. The van der Waals surface area contributed by atoms with Gasteiger partial charge in [-0.15, -0.1) is 6.92 Å². The van der Waals surface area contributed by atoms with E-state index in [2.05, 4.69) is 364 Å². The van der Waals surface area contributed by atoms with Gasteiger partial charge in [0.25, 0.3) is 0 Å². The Hall–Kier alpha value is -5.74. The van der Waals surface area contributed by atoms with Gasteiger partial charge in [0.05, 0.1) is 0 Å². The molecular weight excluding hydrogens is 1370 g/mol. The van der Waals surface area contributed by atoms with Crippen LogP contribution < -0.4 is 52.8 Å². The summed E-state index contributed by atoms with van der Waals surface area (Å²) in [6.45, 7) is 66.8. The molecule has 9 aromatic rings. The minimum Gasteiger partial charge on any atom is -1.00 e. The van der Waals surface area contributed by atoms with Crippen LogP contribution in [0.15, 0.2) is 181 Å². The summed E-state index contributed by atoms with van der Waals surface area (Å²) in [6.07, 6.45) is 4.61. The van der Waals surface area contributed by atoms with E-state index >= 15 is 0 Å². The number of allylic oxidation sites excluding steroid dienone is 4. The third-order valence-corrected chi connectivity index (χ3v) is 28.5. The Balaban J connectivity index is 0.00000424. The second kappa shape index (κ2) is 35.1. The summed E-state index contributed by atoms with van der Waals surface area (Å²) >= 11 is 0. The van der Waals surface area contributed by atoms with Gasteiger partial charge in [0.2, 0.25) is 0 Å². The van der Waals surface area contributed by atoms with E-state index in [0.717, 1.165) is 0 Å². The van der Waals surface area contributed by atoms with Crippen LogP contribution in [0.2, 0.25) is 5.04 Å². The van der Waals surface area contributed by atoms with Gasteiger partial charge < -0.3 is 37.2 Å². The average molecular weight is 1500 g/mol. The van der Waals surface area contributed by atoms with Gasteiger partial charge in [-0.05, 0) is 238 Å². The van der Waals surface area contributed by atoms with E-state index in [1.807, 2.05) is 0 Å². The topological polar surface area (TPSA) is 0 Å². The van der Waals surface area contributed by atoms with Crippen LogP contribution in [0.1, 0.15) is 332 Å². The van der Waals surface area contributed by atoms with Gasteiger partial charge in [0.1, 0.15) is 8.07 Å². The maximum Gasteiger partial charge on any atom is 4.00 e. The van der Waals surface area contributed by atoms with Crippen molar-refractivity contribution in [3.05, 3.63) is 253 Å². The normalized spacial score (nSPS) is 14.2. The van der Waals surface area contributed by atoms with Crippen molar-refractivity contribution < 1.29 is 58.9 Å². The van der Waals surface area contributed by atoms with Crippen molar-refractivity contribution in [2.24, 2.45) is 0 Å². The molecule has 0 bridgehead atoms. The fraction of sp³-hybridized carbons (Fsp3) is 0.414. The third-order valence-electron chi connectivity index (χ3n) is 23.0. The zero-order valence-electron chi connectivity index (χ0n) is 68.7. The SMILES string of the molecule is CC1=[C-]C(C)([Si](c2cc(-c3cc(C(C)C)cc(C(C)C)c3)cc(-c3cc(C(C)C)cc(C(C)C)c3)c2)(c2cc(-c3cc(C(C)C)cc(C(C)C)c3)cc(-c3cc(C(C)C)cc(C(C)C)c3)c2)c2cc(-c3cc(C(C)C)cc(C(C)C)c3)cc(-c3cc(C(C)C)cc(C(C)C)c3)c2)C(C)=C1C.[Cl-].[Cl-].[Cl-].[Ti+4]. The predicted molar refractivity (Wildman–Crippen MR) is 445 cm³/mol.